The Morgan fingerprint density at radius 1 is 0.974 bits per heavy atom. The van der Waals surface area contributed by atoms with Crippen LogP contribution in [0, 0.1) is 17.8 Å². The molecule has 3 heterocycles. The van der Waals surface area contributed by atoms with E-state index in [9.17, 15) is 19.5 Å². The number of ether oxygens (including phenoxy) is 1. The minimum absolute atomic E-state index is 0.0115. The van der Waals surface area contributed by atoms with Gasteiger partial charge in [0.1, 0.15) is 11.6 Å². The number of likely N-dealkylation sites (tertiary alicyclic amines) is 1. The Morgan fingerprint density at radius 2 is 1.55 bits per heavy atom. The Balaban J connectivity index is 1.43. The van der Waals surface area contributed by atoms with E-state index in [4.69, 9.17) is 4.74 Å². The number of unbranched alkanes of at least 4 members (excludes halogenated alkanes) is 1. The molecule has 3 aliphatic rings. The van der Waals surface area contributed by atoms with Crippen molar-refractivity contribution in [2.75, 3.05) is 13.2 Å². The zero-order valence-corrected chi connectivity index (χ0v) is 22.1. The van der Waals surface area contributed by atoms with Gasteiger partial charge in [-0.15, -0.1) is 0 Å². The molecule has 6 atom stereocenters. The highest BCUT2D eigenvalue weighted by atomic mass is 16.5. The Hall–Kier alpha value is -3.23. The molecule has 2 aromatic carbocycles. The predicted octanol–water partition coefficient (Wildman–Crippen LogP) is 2.40. The Bertz CT molecular complexity index is 1170. The fourth-order valence-electron chi connectivity index (χ4n) is 6.85. The minimum atomic E-state index is -1.07. The van der Waals surface area contributed by atoms with Gasteiger partial charge in [0.05, 0.1) is 17.4 Å². The van der Waals surface area contributed by atoms with Crippen LogP contribution in [0.2, 0.25) is 0 Å². The van der Waals surface area contributed by atoms with Gasteiger partial charge >= 0.3 is 0 Å². The van der Waals surface area contributed by atoms with Crippen LogP contribution < -0.4 is 10.6 Å². The molecular formula is C30H37N3O5. The quantitative estimate of drug-likeness (QED) is 0.418. The third-order valence-electron chi connectivity index (χ3n) is 8.77. The monoisotopic (exact) mass is 519 g/mol. The molecular weight excluding hydrogens is 482 g/mol. The van der Waals surface area contributed by atoms with E-state index < -0.39 is 29.1 Å². The van der Waals surface area contributed by atoms with Gasteiger partial charge in [-0.25, -0.2) is 0 Å². The van der Waals surface area contributed by atoms with Crippen LogP contribution in [0.15, 0.2) is 60.7 Å². The number of carbonyl (C=O) groups is 3. The molecule has 3 saturated heterocycles. The van der Waals surface area contributed by atoms with Gasteiger partial charge in [-0.05, 0) is 43.2 Å². The first-order valence-corrected chi connectivity index (χ1v) is 13.6. The van der Waals surface area contributed by atoms with Crippen molar-refractivity contribution in [1.82, 2.24) is 15.5 Å². The number of nitrogens with one attached hydrogen (secondary N) is 2. The third kappa shape index (κ3) is 4.39. The van der Waals surface area contributed by atoms with Crippen molar-refractivity contribution < 1.29 is 24.2 Å². The van der Waals surface area contributed by atoms with Crippen LogP contribution >= 0.6 is 0 Å². The lowest BCUT2D eigenvalue weighted by atomic mass is 9.62. The molecule has 0 saturated carbocycles. The molecule has 3 unspecified atom stereocenters. The molecule has 3 aliphatic heterocycles. The molecule has 0 aromatic heterocycles. The molecule has 8 heteroatoms. The summed E-state index contributed by atoms with van der Waals surface area (Å²) in [6, 6.07) is 18.4. The fourth-order valence-corrected chi connectivity index (χ4v) is 6.85. The summed E-state index contributed by atoms with van der Waals surface area (Å²) in [5.41, 5.74) is 0.0107. The van der Waals surface area contributed by atoms with Gasteiger partial charge in [-0.2, -0.15) is 0 Å². The highest BCUT2D eigenvalue weighted by Gasteiger charge is 2.79. The number of amides is 3. The first-order chi connectivity index (χ1) is 18.3. The fraction of sp³-hybridized carbons (Fsp3) is 0.500. The van der Waals surface area contributed by atoms with Gasteiger partial charge in [0.15, 0.2) is 0 Å². The molecule has 0 radical (unpaired) electrons. The predicted molar refractivity (Wildman–Crippen MR) is 141 cm³/mol. The van der Waals surface area contributed by atoms with Crippen LogP contribution in [-0.4, -0.2) is 58.1 Å². The van der Waals surface area contributed by atoms with Gasteiger partial charge in [0.25, 0.3) is 0 Å². The number of carbonyl (C=O) groups excluding carboxylic acids is 3. The Labute approximate surface area is 223 Å². The minimum Gasteiger partial charge on any atom is -0.396 e. The van der Waals surface area contributed by atoms with E-state index in [1.807, 2.05) is 74.5 Å². The maximum absolute atomic E-state index is 14.0. The summed E-state index contributed by atoms with van der Waals surface area (Å²) in [6.07, 6.45) is 1.61. The summed E-state index contributed by atoms with van der Waals surface area (Å²) < 4.78 is 6.73. The topological polar surface area (TPSA) is 108 Å². The standard InChI is InChI=1S/C30H37N3O5/c1-20-17-30-24(23(29(20,2)38-30)26(35)31-18-21-11-5-3-6-12-21)28(37)33(15-9-10-16-34)25(30)27(36)32-19-22-13-7-4-8-14-22/h3-8,11-14,20,23-25,34H,9-10,15-19H2,1-2H3,(H,31,35)(H,32,36)/t20?,23-,24+,25?,29+,30?/m1/s1. The van der Waals surface area contributed by atoms with Crippen molar-refractivity contribution in [2.24, 2.45) is 17.8 Å². The number of aliphatic hydroxyl groups excluding tert-OH is 1. The van der Waals surface area contributed by atoms with Crippen LogP contribution in [0.3, 0.4) is 0 Å². The number of hydrogen-bond donors (Lipinski definition) is 3. The number of hydrogen-bond acceptors (Lipinski definition) is 5. The van der Waals surface area contributed by atoms with Crippen LogP contribution in [0.25, 0.3) is 0 Å². The summed E-state index contributed by atoms with van der Waals surface area (Å²) >= 11 is 0. The zero-order chi connectivity index (χ0) is 26.9. The average Bonchev–Trinajstić information content (AvgIpc) is 3.44. The van der Waals surface area contributed by atoms with Crippen molar-refractivity contribution in [1.29, 1.82) is 0 Å². The van der Waals surface area contributed by atoms with E-state index in [0.29, 0.717) is 38.9 Å². The lowest BCUT2D eigenvalue weighted by molar-refractivity contribution is -0.147. The molecule has 202 valence electrons. The lowest BCUT2D eigenvalue weighted by Gasteiger charge is -2.36. The molecule has 2 aromatic rings. The largest absolute Gasteiger partial charge is 0.396 e. The normalized spacial score (nSPS) is 31.3. The van der Waals surface area contributed by atoms with E-state index in [1.165, 1.54) is 0 Å². The second kappa shape index (κ2) is 10.5. The van der Waals surface area contributed by atoms with E-state index >= 15 is 0 Å². The zero-order valence-electron chi connectivity index (χ0n) is 22.1. The van der Waals surface area contributed by atoms with Crippen molar-refractivity contribution in [2.45, 2.75) is 63.4 Å². The van der Waals surface area contributed by atoms with E-state index in [1.54, 1.807) is 4.90 Å². The molecule has 3 fully saturated rings. The molecule has 2 bridgehead atoms. The van der Waals surface area contributed by atoms with E-state index in [-0.39, 0.29) is 30.2 Å². The van der Waals surface area contributed by atoms with Crippen LogP contribution in [0.1, 0.15) is 44.2 Å². The highest BCUT2D eigenvalue weighted by molar-refractivity contribution is 5.99. The molecule has 1 spiro atoms. The summed E-state index contributed by atoms with van der Waals surface area (Å²) in [6.45, 7) is 4.99. The summed E-state index contributed by atoms with van der Waals surface area (Å²) in [7, 11) is 0. The van der Waals surface area contributed by atoms with Gasteiger partial charge in [0.2, 0.25) is 17.7 Å². The Morgan fingerprint density at radius 3 is 2.13 bits per heavy atom. The van der Waals surface area contributed by atoms with Crippen molar-refractivity contribution in [3.8, 4) is 0 Å². The molecule has 3 amide bonds. The SMILES string of the molecule is CC1CC23O[C@]1(C)[C@@H](C(=O)NCc1ccccc1)[C@H]2C(=O)N(CCCCO)C3C(=O)NCc1ccccc1. The maximum atomic E-state index is 14.0. The second-order valence-corrected chi connectivity index (χ2v) is 11.1. The van der Waals surface area contributed by atoms with Gasteiger partial charge in [-0.3, -0.25) is 14.4 Å². The second-order valence-electron chi connectivity index (χ2n) is 11.1. The van der Waals surface area contributed by atoms with Gasteiger partial charge in [-0.1, -0.05) is 67.6 Å². The Kier molecular flexibility index (Phi) is 7.29. The van der Waals surface area contributed by atoms with E-state index in [0.717, 1.165) is 11.1 Å². The first-order valence-electron chi connectivity index (χ1n) is 13.6. The number of rotatable bonds is 10. The number of aliphatic hydroxyl groups is 1. The first kappa shape index (κ1) is 26.4. The molecule has 38 heavy (non-hydrogen) atoms. The van der Waals surface area contributed by atoms with Crippen molar-refractivity contribution in [3.05, 3.63) is 71.8 Å². The summed E-state index contributed by atoms with van der Waals surface area (Å²) in [5.74, 6) is -2.14. The number of nitrogens with zero attached hydrogens (tertiary/aromatic N) is 1. The highest BCUT2D eigenvalue weighted by Crippen LogP contribution is 2.65. The maximum Gasteiger partial charge on any atom is 0.246 e. The average molecular weight is 520 g/mol. The lowest BCUT2D eigenvalue weighted by Crippen LogP contribution is -2.55. The number of fused-ring (bicyclic) bond motifs is 1. The molecule has 8 nitrogen and oxygen atoms in total. The number of benzene rings is 2. The van der Waals surface area contributed by atoms with Crippen LogP contribution in [0.5, 0.6) is 0 Å². The van der Waals surface area contributed by atoms with Crippen LogP contribution in [0.4, 0.5) is 0 Å². The van der Waals surface area contributed by atoms with Crippen molar-refractivity contribution >= 4 is 17.7 Å². The third-order valence-corrected chi connectivity index (χ3v) is 8.77. The summed E-state index contributed by atoms with van der Waals surface area (Å²) in [5, 5.41) is 15.4. The smallest absolute Gasteiger partial charge is 0.246 e. The molecule has 3 N–H and O–H groups in total. The summed E-state index contributed by atoms with van der Waals surface area (Å²) in [4.78, 5) is 43.1. The van der Waals surface area contributed by atoms with Crippen molar-refractivity contribution in [3.63, 3.8) is 0 Å². The van der Waals surface area contributed by atoms with E-state index in [2.05, 4.69) is 10.6 Å². The van der Waals surface area contributed by atoms with Gasteiger partial charge in [0, 0.05) is 26.2 Å². The van der Waals surface area contributed by atoms with Crippen LogP contribution in [-0.2, 0) is 32.2 Å². The molecule has 5 rings (SSSR count). The molecule has 0 aliphatic carbocycles. The van der Waals surface area contributed by atoms with Gasteiger partial charge < -0.3 is 25.4 Å².